The number of carbonyl (C=O) groups excluding carboxylic acids is 1. The number of rotatable bonds is 7. The fraction of sp³-hybridized carbons (Fsp3) is 0.556. The summed E-state index contributed by atoms with van der Waals surface area (Å²) in [6.45, 7) is 3.49. The van der Waals surface area contributed by atoms with Gasteiger partial charge in [-0.2, -0.15) is 5.10 Å². The van der Waals surface area contributed by atoms with Crippen molar-refractivity contribution in [3.63, 3.8) is 0 Å². The van der Waals surface area contributed by atoms with Crippen molar-refractivity contribution in [3.8, 4) is 0 Å². The summed E-state index contributed by atoms with van der Waals surface area (Å²) in [5.74, 6) is 0.258. The van der Waals surface area contributed by atoms with Crippen LogP contribution in [0.3, 0.4) is 0 Å². The van der Waals surface area contributed by atoms with Crippen LogP contribution in [0.5, 0.6) is 0 Å². The van der Waals surface area contributed by atoms with Crippen LogP contribution in [0.15, 0.2) is 18.6 Å². The van der Waals surface area contributed by atoms with Crippen LogP contribution in [-0.2, 0) is 24.8 Å². The molecule has 0 bridgehead atoms. The van der Waals surface area contributed by atoms with Crippen molar-refractivity contribution in [2.24, 2.45) is 7.05 Å². The summed E-state index contributed by atoms with van der Waals surface area (Å²) in [4.78, 5) is 22.6. The number of β-amino-alcohol motifs (C(OH)–C–C–N with tert-alkyl or cyclic N) is 1. The first-order chi connectivity index (χ1) is 13.6. The molecule has 1 fully saturated rings. The lowest BCUT2D eigenvalue weighted by molar-refractivity contribution is 0.0209. The minimum absolute atomic E-state index is 0.160. The van der Waals surface area contributed by atoms with Crippen LogP contribution in [0, 0.1) is 0 Å². The van der Waals surface area contributed by atoms with E-state index in [-0.39, 0.29) is 24.2 Å². The number of ether oxygens (including phenoxy) is 1. The summed E-state index contributed by atoms with van der Waals surface area (Å²) in [5.41, 5.74) is 2.59. The number of nitrogens with zero attached hydrogens (tertiary/aromatic N) is 5. The van der Waals surface area contributed by atoms with Crippen LogP contribution in [0.25, 0.3) is 0 Å². The standard InChI is InChI=1S/C18H25N7O3/c1-24-6-12-2-3-25(8-16(12)23-24)7-14(26)5-19-18(27)15-4-17(21-11-20-15)22-13-9-28-10-13/h4,6,11,13-14,26H,2-3,5,7-10H2,1H3,(H,19,27)(H,20,21,22)/t14-/m0/s1. The molecule has 1 saturated heterocycles. The van der Waals surface area contributed by atoms with Gasteiger partial charge in [0, 0.05) is 45.5 Å². The lowest BCUT2D eigenvalue weighted by Crippen LogP contribution is -2.42. The van der Waals surface area contributed by atoms with Gasteiger partial charge in [0.25, 0.3) is 5.91 Å². The van der Waals surface area contributed by atoms with Gasteiger partial charge in [-0.3, -0.25) is 14.4 Å². The molecule has 0 radical (unpaired) electrons. The molecule has 2 aromatic heterocycles. The molecular weight excluding hydrogens is 362 g/mol. The third-order valence-electron chi connectivity index (χ3n) is 4.92. The van der Waals surface area contributed by atoms with Gasteiger partial charge in [-0.15, -0.1) is 0 Å². The molecule has 3 N–H and O–H groups in total. The summed E-state index contributed by atoms with van der Waals surface area (Å²) in [5, 5.41) is 20.7. The highest BCUT2D eigenvalue weighted by atomic mass is 16.5. The highest BCUT2D eigenvalue weighted by Crippen LogP contribution is 2.17. The van der Waals surface area contributed by atoms with Gasteiger partial charge in [0.05, 0.1) is 31.1 Å². The Morgan fingerprint density at radius 2 is 2.29 bits per heavy atom. The third-order valence-corrected chi connectivity index (χ3v) is 4.92. The average Bonchev–Trinajstić information content (AvgIpc) is 3.02. The molecule has 2 aromatic rings. The summed E-state index contributed by atoms with van der Waals surface area (Å²) in [6, 6.07) is 1.82. The van der Waals surface area contributed by atoms with Gasteiger partial charge in [-0.05, 0) is 12.0 Å². The molecule has 28 heavy (non-hydrogen) atoms. The molecule has 2 aliphatic rings. The lowest BCUT2D eigenvalue weighted by Gasteiger charge is -2.28. The van der Waals surface area contributed by atoms with Crippen molar-refractivity contribution >= 4 is 11.7 Å². The van der Waals surface area contributed by atoms with E-state index in [1.807, 2.05) is 17.9 Å². The van der Waals surface area contributed by atoms with Gasteiger partial charge >= 0.3 is 0 Å². The number of aromatic nitrogens is 4. The quantitative estimate of drug-likeness (QED) is 0.564. The molecule has 0 aliphatic carbocycles. The van der Waals surface area contributed by atoms with Gasteiger partial charge < -0.3 is 20.5 Å². The smallest absolute Gasteiger partial charge is 0.270 e. The number of aryl methyl sites for hydroxylation is 1. The van der Waals surface area contributed by atoms with Crippen molar-refractivity contribution in [3.05, 3.63) is 35.5 Å². The monoisotopic (exact) mass is 387 g/mol. The summed E-state index contributed by atoms with van der Waals surface area (Å²) >= 11 is 0. The molecule has 0 saturated carbocycles. The van der Waals surface area contributed by atoms with E-state index in [0.29, 0.717) is 32.1 Å². The fourth-order valence-electron chi connectivity index (χ4n) is 3.40. The minimum atomic E-state index is -0.666. The van der Waals surface area contributed by atoms with E-state index in [1.54, 1.807) is 6.07 Å². The summed E-state index contributed by atoms with van der Waals surface area (Å²) < 4.78 is 6.94. The van der Waals surface area contributed by atoms with Crippen LogP contribution < -0.4 is 10.6 Å². The Kier molecular flexibility index (Phi) is 5.51. The highest BCUT2D eigenvalue weighted by molar-refractivity contribution is 5.92. The first-order valence-electron chi connectivity index (χ1n) is 9.43. The number of aliphatic hydroxyl groups is 1. The average molecular weight is 387 g/mol. The Morgan fingerprint density at radius 3 is 3.07 bits per heavy atom. The third kappa shape index (κ3) is 4.46. The second-order valence-corrected chi connectivity index (χ2v) is 7.29. The molecular formula is C18H25N7O3. The van der Waals surface area contributed by atoms with Gasteiger partial charge in [0.1, 0.15) is 17.8 Å². The zero-order chi connectivity index (χ0) is 19.5. The van der Waals surface area contributed by atoms with Gasteiger partial charge in [-0.1, -0.05) is 0 Å². The molecule has 2 aliphatic heterocycles. The maximum Gasteiger partial charge on any atom is 0.270 e. The van der Waals surface area contributed by atoms with E-state index in [1.165, 1.54) is 11.9 Å². The highest BCUT2D eigenvalue weighted by Gasteiger charge is 2.22. The van der Waals surface area contributed by atoms with E-state index in [0.717, 1.165) is 18.7 Å². The maximum atomic E-state index is 12.3. The molecule has 10 nitrogen and oxygen atoms in total. The zero-order valence-corrected chi connectivity index (χ0v) is 15.8. The lowest BCUT2D eigenvalue weighted by atomic mass is 10.1. The van der Waals surface area contributed by atoms with Crippen LogP contribution in [0.2, 0.25) is 0 Å². The topological polar surface area (TPSA) is 117 Å². The van der Waals surface area contributed by atoms with Crippen molar-refractivity contribution < 1.29 is 14.6 Å². The summed E-state index contributed by atoms with van der Waals surface area (Å²) in [7, 11) is 1.92. The Hall–Kier alpha value is -2.56. The van der Waals surface area contributed by atoms with Crippen molar-refractivity contribution in [1.29, 1.82) is 0 Å². The minimum Gasteiger partial charge on any atom is -0.390 e. The number of carbonyl (C=O) groups is 1. The molecule has 4 rings (SSSR count). The Bertz CT molecular complexity index is 836. The van der Waals surface area contributed by atoms with Crippen LogP contribution in [-0.4, -0.2) is 80.7 Å². The molecule has 10 heteroatoms. The molecule has 0 aromatic carbocycles. The molecule has 1 atom stereocenters. The normalized spacial score (nSPS) is 18.2. The van der Waals surface area contributed by atoms with Crippen LogP contribution in [0.1, 0.15) is 21.7 Å². The fourth-order valence-corrected chi connectivity index (χ4v) is 3.40. The van der Waals surface area contributed by atoms with Gasteiger partial charge in [0.15, 0.2) is 0 Å². The first-order valence-corrected chi connectivity index (χ1v) is 9.43. The number of amides is 1. The number of fused-ring (bicyclic) bond motifs is 1. The van der Waals surface area contributed by atoms with Gasteiger partial charge in [-0.25, -0.2) is 9.97 Å². The number of hydrogen-bond donors (Lipinski definition) is 3. The SMILES string of the molecule is Cn1cc2c(n1)CN(C[C@@H](O)CNC(=O)c1cc(NC3COC3)ncn1)CC2. The second-order valence-electron chi connectivity index (χ2n) is 7.29. The van der Waals surface area contributed by atoms with Gasteiger partial charge in [0.2, 0.25) is 0 Å². The number of nitrogens with one attached hydrogen (secondary N) is 2. The molecule has 4 heterocycles. The van der Waals surface area contributed by atoms with Crippen molar-refractivity contribution in [2.75, 3.05) is 38.2 Å². The molecule has 1 amide bonds. The van der Waals surface area contributed by atoms with E-state index in [4.69, 9.17) is 4.74 Å². The number of aliphatic hydroxyl groups excluding tert-OH is 1. The number of anilines is 1. The predicted molar refractivity (Wildman–Crippen MR) is 101 cm³/mol. The first kappa shape index (κ1) is 18.8. The molecule has 0 spiro atoms. The van der Waals surface area contributed by atoms with Crippen LogP contribution in [0.4, 0.5) is 5.82 Å². The van der Waals surface area contributed by atoms with E-state index < -0.39 is 6.10 Å². The van der Waals surface area contributed by atoms with Crippen molar-refractivity contribution in [2.45, 2.75) is 25.1 Å². The van der Waals surface area contributed by atoms with E-state index in [9.17, 15) is 9.90 Å². The maximum absolute atomic E-state index is 12.3. The van der Waals surface area contributed by atoms with E-state index >= 15 is 0 Å². The number of hydrogen-bond acceptors (Lipinski definition) is 8. The van der Waals surface area contributed by atoms with Crippen LogP contribution >= 0.6 is 0 Å². The zero-order valence-electron chi connectivity index (χ0n) is 15.8. The van der Waals surface area contributed by atoms with E-state index in [2.05, 4.69) is 30.6 Å². The molecule has 150 valence electrons. The Balaban J connectivity index is 1.25. The molecule has 0 unspecified atom stereocenters. The summed E-state index contributed by atoms with van der Waals surface area (Å²) in [6.07, 6.45) is 3.66. The largest absolute Gasteiger partial charge is 0.390 e. The predicted octanol–water partition coefficient (Wildman–Crippen LogP) is -0.830. The second kappa shape index (κ2) is 8.21. The Morgan fingerprint density at radius 1 is 1.43 bits per heavy atom. The Labute approximate surface area is 162 Å². The van der Waals surface area contributed by atoms with Crippen molar-refractivity contribution in [1.82, 2.24) is 30.0 Å².